The summed E-state index contributed by atoms with van der Waals surface area (Å²) in [5.74, 6) is -0.210. The van der Waals surface area contributed by atoms with E-state index >= 15 is 0 Å². The first-order valence-corrected chi connectivity index (χ1v) is 9.06. The van der Waals surface area contributed by atoms with Gasteiger partial charge in [0.1, 0.15) is 16.0 Å². The van der Waals surface area contributed by atoms with Crippen molar-refractivity contribution in [3.05, 3.63) is 51.5 Å². The van der Waals surface area contributed by atoms with Crippen LogP contribution in [0.5, 0.6) is 11.5 Å². The molecular weight excluding hydrogens is 414 g/mol. The Bertz CT molecular complexity index is 840. The van der Waals surface area contributed by atoms with E-state index in [0.717, 1.165) is 11.1 Å². The van der Waals surface area contributed by atoms with Crippen molar-refractivity contribution in [3.63, 3.8) is 0 Å². The first-order chi connectivity index (χ1) is 12.8. The zero-order valence-electron chi connectivity index (χ0n) is 15.9. The number of halogens is 1. The Kier molecular flexibility index (Phi) is 6.85. The quantitative estimate of drug-likeness (QED) is 0.685. The molecule has 0 saturated carbocycles. The molecule has 1 N–H and O–H groups in total. The van der Waals surface area contributed by atoms with Crippen molar-refractivity contribution in [1.82, 2.24) is 0 Å². The van der Waals surface area contributed by atoms with Crippen LogP contribution in [-0.2, 0) is 9.53 Å². The molecule has 6 nitrogen and oxygen atoms in total. The van der Waals surface area contributed by atoms with Gasteiger partial charge in [0.05, 0.1) is 19.8 Å². The van der Waals surface area contributed by atoms with Crippen LogP contribution in [0.1, 0.15) is 28.4 Å². The lowest BCUT2D eigenvalue weighted by Gasteiger charge is -2.16. The second kappa shape index (κ2) is 8.90. The molecule has 0 fully saturated rings. The fraction of sp³-hybridized carbons (Fsp3) is 0.300. The van der Waals surface area contributed by atoms with Crippen molar-refractivity contribution in [3.8, 4) is 11.5 Å². The number of carbonyl (C=O) groups excluding carboxylic acids is 2. The van der Waals surface area contributed by atoms with Gasteiger partial charge in [-0.3, -0.25) is 4.79 Å². The number of hydrogen-bond acceptors (Lipinski definition) is 5. The molecule has 1 unspecified atom stereocenters. The zero-order valence-corrected chi connectivity index (χ0v) is 17.5. The van der Waals surface area contributed by atoms with Crippen LogP contribution < -0.4 is 14.8 Å². The van der Waals surface area contributed by atoms with Gasteiger partial charge in [0.25, 0.3) is 5.91 Å². The molecule has 2 aromatic carbocycles. The number of ether oxygens (including phenoxy) is 3. The molecule has 0 heterocycles. The van der Waals surface area contributed by atoms with Gasteiger partial charge < -0.3 is 19.5 Å². The van der Waals surface area contributed by atoms with Gasteiger partial charge in [0, 0.05) is 5.69 Å². The highest BCUT2D eigenvalue weighted by molar-refractivity contribution is 9.10. The third-order valence-electron chi connectivity index (χ3n) is 3.99. The average molecular weight is 436 g/mol. The van der Waals surface area contributed by atoms with Crippen molar-refractivity contribution in [1.29, 1.82) is 0 Å². The van der Waals surface area contributed by atoms with Crippen molar-refractivity contribution in [2.24, 2.45) is 0 Å². The minimum atomic E-state index is -0.974. The Morgan fingerprint density at radius 2 is 1.63 bits per heavy atom. The summed E-state index contributed by atoms with van der Waals surface area (Å²) in [4.78, 5) is 24.8. The van der Waals surface area contributed by atoms with Crippen LogP contribution in [0.15, 0.2) is 34.8 Å². The number of rotatable bonds is 6. The lowest BCUT2D eigenvalue weighted by molar-refractivity contribution is -0.123. The molecule has 27 heavy (non-hydrogen) atoms. The minimum absolute atomic E-state index is 0.221. The maximum atomic E-state index is 12.5. The summed E-state index contributed by atoms with van der Waals surface area (Å²) in [5, 5.41) is 2.79. The number of benzene rings is 2. The molecule has 0 spiro atoms. The molecule has 2 rings (SSSR count). The number of methoxy groups -OCH3 is 2. The minimum Gasteiger partial charge on any atom is -0.495 e. The predicted molar refractivity (Wildman–Crippen MR) is 107 cm³/mol. The van der Waals surface area contributed by atoms with E-state index in [1.807, 2.05) is 32.0 Å². The highest BCUT2D eigenvalue weighted by Gasteiger charge is 2.22. The standard InChI is InChI=1S/C20H22BrNO5/c1-11-6-7-12(2)15(8-11)22-19(23)13(3)27-20(24)14-9-16(25-4)18(21)17(10-14)26-5/h6-10,13H,1-5H3,(H,22,23). The lowest BCUT2D eigenvalue weighted by Crippen LogP contribution is -2.30. The molecule has 0 aromatic heterocycles. The summed E-state index contributed by atoms with van der Waals surface area (Å²) in [6.45, 7) is 5.35. The third kappa shape index (κ3) is 5.01. The maximum Gasteiger partial charge on any atom is 0.339 e. The van der Waals surface area contributed by atoms with Crippen LogP contribution in [0.25, 0.3) is 0 Å². The summed E-state index contributed by atoms with van der Waals surface area (Å²) < 4.78 is 16.3. The van der Waals surface area contributed by atoms with E-state index in [-0.39, 0.29) is 5.56 Å². The molecular formula is C20H22BrNO5. The summed E-state index contributed by atoms with van der Waals surface area (Å²) in [6.07, 6.45) is -0.974. The van der Waals surface area contributed by atoms with E-state index in [0.29, 0.717) is 21.7 Å². The Hall–Kier alpha value is -2.54. The maximum absolute atomic E-state index is 12.5. The molecule has 0 radical (unpaired) electrons. The number of nitrogens with one attached hydrogen (secondary N) is 1. The zero-order chi connectivity index (χ0) is 20.1. The fourth-order valence-electron chi connectivity index (χ4n) is 2.37. The highest BCUT2D eigenvalue weighted by atomic mass is 79.9. The van der Waals surface area contributed by atoms with E-state index < -0.39 is 18.0 Å². The molecule has 1 amide bonds. The van der Waals surface area contributed by atoms with Crippen LogP contribution in [0.2, 0.25) is 0 Å². The van der Waals surface area contributed by atoms with Gasteiger partial charge in [-0.25, -0.2) is 4.79 Å². The van der Waals surface area contributed by atoms with Crippen LogP contribution in [0.4, 0.5) is 5.69 Å². The number of amides is 1. The average Bonchev–Trinajstić information content (AvgIpc) is 2.64. The van der Waals surface area contributed by atoms with Gasteiger partial charge in [-0.1, -0.05) is 12.1 Å². The lowest BCUT2D eigenvalue weighted by atomic mass is 10.1. The Morgan fingerprint density at radius 1 is 1.04 bits per heavy atom. The van der Waals surface area contributed by atoms with Crippen LogP contribution in [0.3, 0.4) is 0 Å². The van der Waals surface area contributed by atoms with Gasteiger partial charge in [0.15, 0.2) is 6.10 Å². The monoisotopic (exact) mass is 435 g/mol. The van der Waals surface area contributed by atoms with Crippen molar-refractivity contribution < 1.29 is 23.8 Å². The van der Waals surface area contributed by atoms with E-state index in [1.165, 1.54) is 33.3 Å². The van der Waals surface area contributed by atoms with Crippen molar-refractivity contribution >= 4 is 33.5 Å². The molecule has 1 atom stereocenters. The van der Waals surface area contributed by atoms with Crippen LogP contribution >= 0.6 is 15.9 Å². The molecule has 2 aromatic rings. The largest absolute Gasteiger partial charge is 0.495 e. The fourth-order valence-corrected chi connectivity index (χ4v) is 2.93. The number of hydrogen-bond donors (Lipinski definition) is 1. The Balaban J connectivity index is 2.13. The van der Waals surface area contributed by atoms with Crippen LogP contribution in [-0.4, -0.2) is 32.2 Å². The topological polar surface area (TPSA) is 73.9 Å². The number of esters is 1. The first-order valence-electron chi connectivity index (χ1n) is 8.27. The molecule has 144 valence electrons. The molecule has 7 heteroatoms. The van der Waals surface area contributed by atoms with Crippen LogP contribution in [0, 0.1) is 13.8 Å². The first kappa shape index (κ1) is 20.8. The molecule has 0 aliphatic heterocycles. The highest BCUT2D eigenvalue weighted by Crippen LogP contribution is 2.35. The van der Waals surface area contributed by atoms with Crippen molar-refractivity contribution in [2.45, 2.75) is 26.9 Å². The van der Waals surface area contributed by atoms with Gasteiger partial charge in [-0.05, 0) is 66.0 Å². The molecule has 0 bridgehead atoms. The molecule has 0 aliphatic carbocycles. The summed E-state index contributed by atoms with van der Waals surface area (Å²) in [6, 6.07) is 8.78. The van der Waals surface area contributed by atoms with Gasteiger partial charge in [-0.15, -0.1) is 0 Å². The SMILES string of the molecule is COc1cc(C(=O)OC(C)C(=O)Nc2cc(C)ccc2C)cc(OC)c1Br. The van der Waals surface area contributed by atoms with Gasteiger partial charge in [-0.2, -0.15) is 0 Å². The normalized spacial score (nSPS) is 11.5. The number of anilines is 1. The Morgan fingerprint density at radius 3 is 2.19 bits per heavy atom. The summed E-state index contributed by atoms with van der Waals surface area (Å²) in [5.41, 5.74) is 2.86. The van der Waals surface area contributed by atoms with E-state index in [4.69, 9.17) is 14.2 Å². The number of carbonyl (C=O) groups is 2. The predicted octanol–water partition coefficient (Wildman–Crippen LogP) is 4.27. The molecule has 0 saturated heterocycles. The second-order valence-electron chi connectivity index (χ2n) is 6.05. The van der Waals surface area contributed by atoms with E-state index in [1.54, 1.807) is 0 Å². The summed E-state index contributed by atoms with van der Waals surface area (Å²) >= 11 is 3.34. The molecule has 0 aliphatic rings. The smallest absolute Gasteiger partial charge is 0.339 e. The van der Waals surface area contributed by atoms with Crippen molar-refractivity contribution in [2.75, 3.05) is 19.5 Å². The number of aryl methyl sites for hydroxylation is 2. The van der Waals surface area contributed by atoms with E-state index in [2.05, 4.69) is 21.2 Å². The van der Waals surface area contributed by atoms with Gasteiger partial charge >= 0.3 is 5.97 Å². The summed E-state index contributed by atoms with van der Waals surface area (Å²) in [7, 11) is 2.96. The van der Waals surface area contributed by atoms with E-state index in [9.17, 15) is 9.59 Å². The third-order valence-corrected chi connectivity index (χ3v) is 4.77. The Labute approximate surface area is 166 Å². The second-order valence-corrected chi connectivity index (χ2v) is 6.84. The van der Waals surface area contributed by atoms with Gasteiger partial charge in [0.2, 0.25) is 0 Å².